The molecule has 1 aliphatic heterocycles. The molecular formula is C23H22Cl2FNO6. The molecule has 1 heterocycles. The lowest BCUT2D eigenvalue weighted by Crippen LogP contribution is -2.60. The van der Waals surface area contributed by atoms with E-state index in [1.165, 1.54) is 19.3 Å². The molecule has 33 heavy (non-hydrogen) atoms. The molecule has 0 aromatic carbocycles. The van der Waals surface area contributed by atoms with Gasteiger partial charge in [0.05, 0.1) is 7.11 Å². The number of ether oxygens (including phenoxy) is 2. The van der Waals surface area contributed by atoms with E-state index in [-0.39, 0.29) is 11.0 Å². The lowest BCUT2D eigenvalue weighted by atomic mass is 9.85. The average molecular weight is 498 g/mol. The van der Waals surface area contributed by atoms with Gasteiger partial charge in [-0.1, -0.05) is 23.2 Å². The number of hydrogen-bond acceptors (Lipinski definition) is 6. The van der Waals surface area contributed by atoms with Crippen LogP contribution in [0.3, 0.4) is 0 Å². The fraction of sp³-hybridized carbons (Fsp3) is 0.478. The predicted molar refractivity (Wildman–Crippen MR) is 117 cm³/mol. The van der Waals surface area contributed by atoms with Crippen molar-refractivity contribution in [1.29, 1.82) is 0 Å². The van der Waals surface area contributed by atoms with Gasteiger partial charge in [0.15, 0.2) is 0 Å². The first kappa shape index (κ1) is 23.7. The first-order chi connectivity index (χ1) is 15.6. The van der Waals surface area contributed by atoms with E-state index in [1.807, 2.05) is 0 Å². The first-order valence-corrected chi connectivity index (χ1v) is 11.4. The van der Waals surface area contributed by atoms with Crippen molar-refractivity contribution in [3.63, 3.8) is 0 Å². The fourth-order valence-electron chi connectivity index (χ4n) is 4.41. The SMILES string of the molecule is COC(=O)C(OC(=O)C=CC1(N2C(=O)C3=C(CCCC3)C2=O)C=CC(Cl)=CC1(F)Cl)C1CC1. The van der Waals surface area contributed by atoms with Crippen LogP contribution in [0.25, 0.3) is 0 Å². The Morgan fingerprint density at radius 1 is 1.21 bits per heavy atom. The fourth-order valence-corrected chi connectivity index (χ4v) is 5.00. The van der Waals surface area contributed by atoms with Gasteiger partial charge in [0.2, 0.25) is 11.2 Å². The Bertz CT molecular complexity index is 1010. The molecule has 4 rings (SSSR count). The molecule has 0 spiro atoms. The van der Waals surface area contributed by atoms with Crippen LogP contribution >= 0.6 is 23.2 Å². The largest absolute Gasteiger partial charge is 0.466 e. The number of hydrogen-bond donors (Lipinski definition) is 0. The number of esters is 2. The number of rotatable bonds is 6. The molecule has 1 fully saturated rings. The van der Waals surface area contributed by atoms with Crippen molar-refractivity contribution in [2.45, 2.75) is 55.3 Å². The minimum atomic E-state index is -2.84. The van der Waals surface area contributed by atoms with Crippen molar-refractivity contribution in [2.24, 2.45) is 5.92 Å². The summed E-state index contributed by atoms with van der Waals surface area (Å²) in [6.45, 7) is 0. The minimum Gasteiger partial charge on any atom is -0.466 e. The monoisotopic (exact) mass is 497 g/mol. The summed E-state index contributed by atoms with van der Waals surface area (Å²) in [5.74, 6) is -3.12. The summed E-state index contributed by atoms with van der Waals surface area (Å²) in [6, 6.07) is 0. The molecule has 2 amide bonds. The summed E-state index contributed by atoms with van der Waals surface area (Å²) < 4.78 is 25.8. The molecule has 7 nitrogen and oxygen atoms in total. The van der Waals surface area contributed by atoms with Crippen LogP contribution in [-0.2, 0) is 28.7 Å². The van der Waals surface area contributed by atoms with Crippen LogP contribution in [-0.4, -0.2) is 52.5 Å². The Kier molecular flexibility index (Phi) is 6.26. The van der Waals surface area contributed by atoms with E-state index in [9.17, 15) is 19.2 Å². The standard InChI is InChI=1S/C23H22Cl2FNO6/c1-32-21(31)18(13-6-7-13)33-17(28)9-11-22(10-8-14(24)12-23(22,25)26)27-19(29)15-4-2-3-5-16(15)20(27)30/h8-13,18H,2-7H2,1H3. The maximum absolute atomic E-state index is 15.9. The summed E-state index contributed by atoms with van der Waals surface area (Å²) in [5.41, 5.74) is -1.50. The lowest BCUT2D eigenvalue weighted by molar-refractivity contribution is -0.164. The van der Waals surface area contributed by atoms with Crippen LogP contribution in [0.5, 0.6) is 0 Å². The van der Waals surface area contributed by atoms with Gasteiger partial charge in [-0.3, -0.25) is 14.5 Å². The number of halogens is 3. The number of carbonyl (C=O) groups excluding carboxylic acids is 4. The zero-order chi connectivity index (χ0) is 24.0. The highest BCUT2D eigenvalue weighted by Crippen LogP contribution is 2.48. The Hall–Kier alpha value is -2.45. The highest BCUT2D eigenvalue weighted by Gasteiger charge is 2.59. The number of alkyl halides is 2. The second-order valence-corrected chi connectivity index (χ2v) is 9.46. The van der Waals surface area contributed by atoms with Crippen LogP contribution < -0.4 is 0 Å². The van der Waals surface area contributed by atoms with Gasteiger partial charge < -0.3 is 9.47 Å². The second kappa shape index (κ2) is 8.72. The van der Waals surface area contributed by atoms with Crippen molar-refractivity contribution in [3.8, 4) is 0 Å². The van der Waals surface area contributed by atoms with Crippen molar-refractivity contribution in [1.82, 2.24) is 4.90 Å². The van der Waals surface area contributed by atoms with Gasteiger partial charge in [0, 0.05) is 28.2 Å². The molecule has 4 aliphatic rings. The molecule has 176 valence electrons. The van der Waals surface area contributed by atoms with Crippen molar-refractivity contribution >= 4 is 47.0 Å². The molecule has 3 unspecified atom stereocenters. The van der Waals surface area contributed by atoms with E-state index >= 15 is 4.39 Å². The smallest absolute Gasteiger partial charge is 0.347 e. The Morgan fingerprint density at radius 2 is 1.82 bits per heavy atom. The van der Waals surface area contributed by atoms with Crippen LogP contribution in [0.2, 0.25) is 0 Å². The number of allylic oxidation sites excluding steroid dienone is 2. The number of carbonyl (C=O) groups is 4. The van der Waals surface area contributed by atoms with E-state index in [0.29, 0.717) is 36.8 Å². The third-order valence-electron chi connectivity index (χ3n) is 6.31. The number of nitrogens with zero attached hydrogens (tertiary/aromatic N) is 1. The van der Waals surface area contributed by atoms with Gasteiger partial charge >= 0.3 is 11.9 Å². The topological polar surface area (TPSA) is 90.0 Å². The zero-order valence-electron chi connectivity index (χ0n) is 17.8. The van der Waals surface area contributed by atoms with E-state index in [4.69, 9.17) is 27.9 Å². The third-order valence-corrected chi connectivity index (χ3v) is 6.96. The Morgan fingerprint density at radius 3 is 2.33 bits per heavy atom. The molecule has 0 bridgehead atoms. The summed E-state index contributed by atoms with van der Waals surface area (Å²) in [5, 5.41) is -2.87. The summed E-state index contributed by atoms with van der Waals surface area (Å²) in [4.78, 5) is 51.6. The van der Waals surface area contributed by atoms with E-state index in [0.717, 1.165) is 36.0 Å². The first-order valence-electron chi connectivity index (χ1n) is 10.7. The van der Waals surface area contributed by atoms with E-state index in [2.05, 4.69) is 4.74 Å². The Labute approximate surface area is 199 Å². The van der Waals surface area contributed by atoms with Crippen molar-refractivity contribution in [2.75, 3.05) is 7.11 Å². The molecule has 0 aromatic heterocycles. The van der Waals surface area contributed by atoms with Gasteiger partial charge in [0.25, 0.3) is 11.8 Å². The minimum absolute atomic E-state index is 0.0320. The van der Waals surface area contributed by atoms with E-state index < -0.39 is 40.5 Å². The third kappa shape index (κ3) is 4.15. The highest BCUT2D eigenvalue weighted by atomic mass is 35.5. The molecule has 1 saturated carbocycles. The Balaban J connectivity index is 1.68. The lowest BCUT2D eigenvalue weighted by Gasteiger charge is -2.43. The maximum atomic E-state index is 15.9. The molecule has 0 saturated heterocycles. The predicted octanol–water partition coefficient (Wildman–Crippen LogP) is 3.61. The quantitative estimate of drug-likeness (QED) is 0.241. The molecule has 3 atom stereocenters. The van der Waals surface area contributed by atoms with Crippen LogP contribution in [0.1, 0.15) is 38.5 Å². The van der Waals surface area contributed by atoms with Crippen LogP contribution in [0.15, 0.2) is 46.6 Å². The number of methoxy groups -OCH3 is 1. The molecule has 0 aromatic rings. The van der Waals surface area contributed by atoms with Gasteiger partial charge in [-0.25, -0.2) is 14.0 Å². The van der Waals surface area contributed by atoms with Crippen molar-refractivity contribution < 1.29 is 33.0 Å². The molecule has 0 radical (unpaired) electrons. The molecule has 10 heteroatoms. The highest BCUT2D eigenvalue weighted by molar-refractivity contribution is 6.34. The maximum Gasteiger partial charge on any atom is 0.347 e. The average Bonchev–Trinajstić information content (AvgIpc) is 3.58. The van der Waals surface area contributed by atoms with E-state index in [1.54, 1.807) is 0 Å². The molecule has 0 N–H and O–H groups in total. The zero-order valence-corrected chi connectivity index (χ0v) is 19.3. The van der Waals surface area contributed by atoms with Gasteiger partial charge in [-0.15, -0.1) is 0 Å². The second-order valence-electron chi connectivity index (χ2n) is 8.47. The normalized spacial score (nSPS) is 30.4. The van der Waals surface area contributed by atoms with Gasteiger partial charge in [-0.2, -0.15) is 0 Å². The van der Waals surface area contributed by atoms with Crippen LogP contribution in [0.4, 0.5) is 4.39 Å². The number of imide groups is 1. The summed E-state index contributed by atoms with van der Waals surface area (Å²) in [6.07, 6.45) is 7.82. The van der Waals surface area contributed by atoms with Gasteiger partial charge in [-0.05, 0) is 62.8 Å². The molecule has 3 aliphatic carbocycles. The summed E-state index contributed by atoms with van der Waals surface area (Å²) in [7, 11) is 1.18. The van der Waals surface area contributed by atoms with Crippen molar-refractivity contribution in [3.05, 3.63) is 46.6 Å². The van der Waals surface area contributed by atoms with Gasteiger partial charge in [0.1, 0.15) is 5.54 Å². The molecular weight excluding hydrogens is 476 g/mol. The summed E-state index contributed by atoms with van der Waals surface area (Å²) >= 11 is 12.1. The number of amides is 2. The van der Waals surface area contributed by atoms with Crippen LogP contribution in [0, 0.1) is 5.92 Å².